The van der Waals surface area contributed by atoms with Crippen LogP contribution < -0.4 is 14.4 Å². The summed E-state index contributed by atoms with van der Waals surface area (Å²) in [7, 11) is -4.30. The van der Waals surface area contributed by atoms with E-state index in [1.165, 1.54) is 4.90 Å². The first-order valence-electron chi connectivity index (χ1n) is 13.9. The van der Waals surface area contributed by atoms with Crippen molar-refractivity contribution in [2.24, 2.45) is 0 Å². The molecule has 0 heterocycles. The average Bonchev–Trinajstić information content (AvgIpc) is 3.49. The van der Waals surface area contributed by atoms with Crippen LogP contribution in [0.2, 0.25) is 0 Å². The lowest BCUT2D eigenvalue weighted by atomic mass is 10.1. The molecule has 4 rings (SSSR count). The Kier molecular flexibility index (Phi) is 10.6. The fourth-order valence-electron chi connectivity index (χ4n) is 4.90. The van der Waals surface area contributed by atoms with Gasteiger partial charge in [0.05, 0.1) is 17.2 Å². The smallest absolute Gasteiger partial charge is 0.264 e. The summed E-state index contributed by atoms with van der Waals surface area (Å²) < 4.78 is 48.7. The van der Waals surface area contributed by atoms with Crippen LogP contribution >= 0.6 is 15.9 Å². The van der Waals surface area contributed by atoms with Crippen molar-refractivity contribution in [1.29, 1.82) is 0 Å². The molecule has 1 atom stereocenters. The Bertz CT molecular complexity index is 1460. The van der Waals surface area contributed by atoms with Crippen LogP contribution in [0.1, 0.15) is 45.1 Å². The van der Waals surface area contributed by atoms with Crippen molar-refractivity contribution < 1.29 is 27.1 Å². The van der Waals surface area contributed by atoms with E-state index in [-0.39, 0.29) is 29.1 Å². The highest BCUT2D eigenvalue weighted by Gasteiger charge is 2.33. The van der Waals surface area contributed by atoms with Crippen LogP contribution in [0.15, 0.2) is 82.2 Å². The van der Waals surface area contributed by atoms with Crippen molar-refractivity contribution in [2.45, 2.75) is 63.1 Å². The Morgan fingerprint density at radius 1 is 1.00 bits per heavy atom. The molecule has 8 nitrogen and oxygen atoms in total. The third kappa shape index (κ3) is 7.89. The number of carbonyl (C=O) groups excluding carboxylic acids is 2. The van der Waals surface area contributed by atoms with Crippen LogP contribution in [0.3, 0.4) is 0 Å². The predicted molar refractivity (Wildman–Crippen MR) is 163 cm³/mol. The third-order valence-corrected chi connectivity index (χ3v) is 9.57. The van der Waals surface area contributed by atoms with E-state index in [4.69, 9.17) is 4.74 Å². The van der Waals surface area contributed by atoms with Crippen molar-refractivity contribution in [3.63, 3.8) is 0 Å². The number of amides is 2. The Morgan fingerprint density at radius 2 is 1.62 bits per heavy atom. The molecule has 1 saturated carbocycles. The molecule has 2 amide bonds. The number of ether oxygens (including phenoxy) is 1. The lowest BCUT2D eigenvalue weighted by molar-refractivity contribution is -0.139. The van der Waals surface area contributed by atoms with Gasteiger partial charge in [-0.2, -0.15) is 0 Å². The largest absolute Gasteiger partial charge is 0.494 e. The number of nitrogens with zero attached hydrogens (tertiary/aromatic N) is 2. The van der Waals surface area contributed by atoms with Gasteiger partial charge in [-0.25, -0.2) is 12.8 Å². The number of hydrogen-bond donors (Lipinski definition) is 1. The van der Waals surface area contributed by atoms with Crippen LogP contribution in [0.4, 0.5) is 10.1 Å². The Morgan fingerprint density at radius 3 is 2.21 bits per heavy atom. The van der Waals surface area contributed by atoms with Gasteiger partial charge >= 0.3 is 0 Å². The molecule has 0 unspecified atom stereocenters. The van der Waals surface area contributed by atoms with Gasteiger partial charge in [0.15, 0.2) is 0 Å². The molecule has 1 N–H and O–H groups in total. The van der Waals surface area contributed by atoms with Crippen LogP contribution in [0.5, 0.6) is 5.75 Å². The number of halogens is 2. The topological polar surface area (TPSA) is 96.0 Å². The van der Waals surface area contributed by atoms with E-state index in [9.17, 15) is 22.4 Å². The molecule has 1 aliphatic carbocycles. The van der Waals surface area contributed by atoms with E-state index in [1.807, 2.05) is 31.2 Å². The van der Waals surface area contributed by atoms with Gasteiger partial charge in [-0.3, -0.25) is 13.9 Å². The molecule has 3 aromatic carbocycles. The van der Waals surface area contributed by atoms with Gasteiger partial charge in [0.25, 0.3) is 10.0 Å². The number of benzene rings is 3. The Balaban J connectivity index is 1.68. The van der Waals surface area contributed by atoms with Gasteiger partial charge in [0.2, 0.25) is 11.8 Å². The first kappa shape index (κ1) is 31.5. The van der Waals surface area contributed by atoms with Crippen molar-refractivity contribution in [2.75, 3.05) is 17.5 Å². The maximum atomic E-state index is 14.0. The molecule has 1 fully saturated rings. The number of anilines is 1. The van der Waals surface area contributed by atoms with Crippen molar-refractivity contribution in [1.82, 2.24) is 10.2 Å². The third-order valence-electron chi connectivity index (χ3n) is 7.25. The number of rotatable bonds is 12. The second-order valence-corrected chi connectivity index (χ2v) is 13.0. The molecule has 0 aromatic heterocycles. The molecule has 0 aliphatic heterocycles. The second kappa shape index (κ2) is 14.2. The molecule has 0 radical (unpaired) electrons. The van der Waals surface area contributed by atoms with E-state index < -0.39 is 34.3 Å². The molecule has 42 heavy (non-hydrogen) atoms. The average molecular weight is 661 g/mol. The van der Waals surface area contributed by atoms with Gasteiger partial charge in [-0.1, -0.05) is 40.9 Å². The minimum absolute atomic E-state index is 0.0591. The maximum absolute atomic E-state index is 14.0. The van der Waals surface area contributed by atoms with Gasteiger partial charge < -0.3 is 15.0 Å². The summed E-state index contributed by atoms with van der Waals surface area (Å²) in [5, 5.41) is 3.05. The highest BCUT2D eigenvalue weighted by molar-refractivity contribution is 9.10. The summed E-state index contributed by atoms with van der Waals surface area (Å²) in [5.74, 6) is -0.894. The lowest BCUT2D eigenvalue weighted by Gasteiger charge is -2.32. The molecule has 0 saturated heterocycles. The van der Waals surface area contributed by atoms with Gasteiger partial charge in [0.1, 0.15) is 24.2 Å². The van der Waals surface area contributed by atoms with Crippen LogP contribution in [0.25, 0.3) is 0 Å². The predicted octanol–water partition coefficient (Wildman–Crippen LogP) is 5.66. The van der Waals surface area contributed by atoms with Crippen LogP contribution in [-0.2, 0) is 26.2 Å². The summed E-state index contributed by atoms with van der Waals surface area (Å²) in [5.41, 5.74) is 1.00. The quantitative estimate of drug-likeness (QED) is 0.271. The zero-order chi connectivity index (χ0) is 30.3. The number of sulfonamides is 1. The van der Waals surface area contributed by atoms with Crippen molar-refractivity contribution in [3.8, 4) is 5.75 Å². The summed E-state index contributed by atoms with van der Waals surface area (Å²) in [6.07, 6.45) is 3.86. The fraction of sp³-hybridized carbons (Fsp3) is 0.355. The molecule has 11 heteroatoms. The van der Waals surface area contributed by atoms with Crippen LogP contribution in [0, 0.1) is 5.82 Å². The van der Waals surface area contributed by atoms with Gasteiger partial charge in [-0.15, -0.1) is 0 Å². The van der Waals surface area contributed by atoms with E-state index in [1.54, 1.807) is 31.2 Å². The van der Waals surface area contributed by atoms with Crippen molar-refractivity contribution in [3.05, 3.63) is 88.6 Å². The number of hydrogen-bond acceptors (Lipinski definition) is 5. The van der Waals surface area contributed by atoms with E-state index >= 15 is 0 Å². The zero-order valence-corrected chi connectivity index (χ0v) is 26.0. The van der Waals surface area contributed by atoms with Crippen molar-refractivity contribution >= 4 is 43.5 Å². The minimum atomic E-state index is -4.30. The van der Waals surface area contributed by atoms with Gasteiger partial charge in [0, 0.05) is 17.1 Å². The Labute approximate surface area is 255 Å². The monoisotopic (exact) mass is 659 g/mol. The highest BCUT2D eigenvalue weighted by atomic mass is 79.9. The molecule has 0 bridgehead atoms. The molecular weight excluding hydrogens is 625 g/mol. The first-order chi connectivity index (χ1) is 20.1. The van der Waals surface area contributed by atoms with E-state index in [0.29, 0.717) is 12.4 Å². The molecular formula is C31H35BrFN3O5S. The Hall–Kier alpha value is -3.44. The first-order valence-corrected chi connectivity index (χ1v) is 16.2. The highest BCUT2D eigenvalue weighted by Crippen LogP contribution is 2.27. The SMILES string of the molecule is CCOc1ccc(N(CC(=O)N(Cc2ccc(Br)cc2)[C@@H](C)C(=O)NC2CCCC2)S(=O)(=O)c2ccc(F)cc2)cc1. The summed E-state index contributed by atoms with van der Waals surface area (Å²) in [6.45, 7) is 3.43. The van der Waals surface area contributed by atoms with Crippen LogP contribution in [-0.4, -0.2) is 50.4 Å². The molecule has 1 aliphatic rings. The fourth-order valence-corrected chi connectivity index (χ4v) is 6.58. The lowest BCUT2D eigenvalue weighted by Crippen LogP contribution is -2.52. The molecule has 0 spiro atoms. The zero-order valence-electron chi connectivity index (χ0n) is 23.6. The van der Waals surface area contributed by atoms with E-state index in [0.717, 1.165) is 64.3 Å². The minimum Gasteiger partial charge on any atom is -0.494 e. The normalized spacial score (nSPS) is 14.3. The standard InChI is InChI=1S/C31H35BrFN3O5S/c1-3-41-28-16-14-27(15-17-28)36(42(39,40)29-18-12-25(33)13-19-29)21-30(37)35(20-23-8-10-24(32)11-9-23)22(2)31(38)34-26-6-4-5-7-26/h8-19,22,26H,3-7,20-21H2,1-2H3,(H,34,38)/t22-/m0/s1. The maximum Gasteiger partial charge on any atom is 0.264 e. The number of carbonyl (C=O) groups is 2. The summed E-state index contributed by atoms with van der Waals surface area (Å²) in [6, 6.07) is 17.3. The van der Waals surface area contributed by atoms with Gasteiger partial charge in [-0.05, 0) is 92.9 Å². The number of nitrogens with one attached hydrogen (secondary N) is 1. The summed E-state index contributed by atoms with van der Waals surface area (Å²) >= 11 is 3.41. The summed E-state index contributed by atoms with van der Waals surface area (Å²) in [4.78, 5) is 28.6. The molecule has 224 valence electrons. The second-order valence-electron chi connectivity index (χ2n) is 10.2. The van der Waals surface area contributed by atoms with E-state index in [2.05, 4.69) is 21.2 Å². The molecule has 3 aromatic rings.